The highest BCUT2D eigenvalue weighted by atomic mass is 19.4. The summed E-state index contributed by atoms with van der Waals surface area (Å²) in [5, 5.41) is 3.22. The second kappa shape index (κ2) is 6.30. The zero-order chi connectivity index (χ0) is 15.5. The summed E-state index contributed by atoms with van der Waals surface area (Å²) in [6.07, 6.45) is -2.31. The minimum absolute atomic E-state index is 0.348. The van der Waals surface area contributed by atoms with Gasteiger partial charge in [0.1, 0.15) is 0 Å². The number of nitrogens with one attached hydrogen (secondary N) is 1. The van der Waals surface area contributed by atoms with Crippen molar-refractivity contribution in [1.29, 1.82) is 0 Å². The number of nitrogens with zero attached hydrogens (tertiary/aromatic N) is 1. The highest BCUT2D eigenvalue weighted by Gasteiger charge is 2.30. The summed E-state index contributed by atoms with van der Waals surface area (Å²) in [5.74, 6) is 0.858. The number of oxazole rings is 1. The van der Waals surface area contributed by atoms with Gasteiger partial charge < -0.3 is 9.73 Å². The highest BCUT2D eigenvalue weighted by molar-refractivity contribution is 5.57. The summed E-state index contributed by atoms with van der Waals surface area (Å²) in [4.78, 5) is 4.09. The van der Waals surface area contributed by atoms with Crippen molar-refractivity contribution < 1.29 is 17.6 Å². The Morgan fingerprint density at radius 2 is 2.05 bits per heavy atom. The average Bonchev–Trinajstić information content (AvgIpc) is 2.86. The van der Waals surface area contributed by atoms with Crippen LogP contribution in [-0.4, -0.2) is 17.6 Å². The molecule has 1 N–H and O–H groups in total. The molecule has 0 bridgehead atoms. The number of benzene rings is 1. The molecule has 0 aliphatic carbocycles. The van der Waals surface area contributed by atoms with Crippen LogP contribution in [0.5, 0.6) is 0 Å². The van der Waals surface area contributed by atoms with Crippen molar-refractivity contribution in [3.63, 3.8) is 0 Å². The average molecular weight is 298 g/mol. The maximum Gasteiger partial charge on any atom is 0.416 e. The van der Waals surface area contributed by atoms with Crippen molar-refractivity contribution in [1.82, 2.24) is 10.3 Å². The van der Waals surface area contributed by atoms with E-state index in [1.165, 1.54) is 12.3 Å². The van der Waals surface area contributed by atoms with E-state index in [1.54, 1.807) is 6.07 Å². The Kier molecular flexibility index (Phi) is 4.67. The largest absolute Gasteiger partial charge is 0.441 e. The number of hydrogen-bond acceptors (Lipinski definition) is 3. The Hall–Kier alpha value is -1.82. The van der Waals surface area contributed by atoms with Crippen molar-refractivity contribution >= 4 is 0 Å². The van der Waals surface area contributed by atoms with Gasteiger partial charge in [0.05, 0.1) is 11.8 Å². The molecule has 21 heavy (non-hydrogen) atoms. The molecular formula is C15H17F3N2O. The minimum Gasteiger partial charge on any atom is -0.441 e. The second-order valence-corrected chi connectivity index (χ2v) is 5.06. The molecule has 3 nitrogen and oxygen atoms in total. The Morgan fingerprint density at radius 3 is 2.71 bits per heavy atom. The van der Waals surface area contributed by atoms with Crippen molar-refractivity contribution in [3.05, 3.63) is 41.9 Å². The van der Waals surface area contributed by atoms with Crippen molar-refractivity contribution in [2.45, 2.75) is 32.5 Å². The molecule has 0 saturated carbocycles. The van der Waals surface area contributed by atoms with Gasteiger partial charge in [-0.2, -0.15) is 13.2 Å². The molecule has 0 unspecified atom stereocenters. The van der Waals surface area contributed by atoms with Gasteiger partial charge in [-0.25, -0.2) is 4.98 Å². The molecule has 0 amide bonds. The molecule has 1 aromatic heterocycles. The van der Waals surface area contributed by atoms with Crippen molar-refractivity contribution in [2.24, 2.45) is 0 Å². The molecule has 0 spiro atoms. The fourth-order valence-corrected chi connectivity index (χ4v) is 1.88. The van der Waals surface area contributed by atoms with E-state index in [4.69, 9.17) is 4.42 Å². The number of halogens is 3. The fourth-order valence-electron chi connectivity index (χ4n) is 1.88. The van der Waals surface area contributed by atoms with Gasteiger partial charge in [-0.1, -0.05) is 26.0 Å². The lowest BCUT2D eigenvalue weighted by Gasteiger charge is -2.07. The first-order valence-corrected chi connectivity index (χ1v) is 6.72. The predicted molar refractivity (Wildman–Crippen MR) is 73.8 cm³/mol. The molecule has 0 atom stereocenters. The van der Waals surface area contributed by atoms with Gasteiger partial charge >= 0.3 is 6.18 Å². The molecule has 1 aromatic carbocycles. The summed E-state index contributed by atoms with van der Waals surface area (Å²) in [5.41, 5.74) is -0.320. The molecule has 2 rings (SSSR count). The van der Waals surface area contributed by atoms with E-state index >= 15 is 0 Å². The third-order valence-corrected chi connectivity index (χ3v) is 2.92. The summed E-state index contributed by atoms with van der Waals surface area (Å²) in [6, 6.07) is 5.40. The Bertz CT molecular complexity index is 591. The maximum atomic E-state index is 12.7. The Balaban J connectivity index is 2.11. The highest BCUT2D eigenvalue weighted by Crippen LogP contribution is 2.32. The van der Waals surface area contributed by atoms with Crippen LogP contribution in [0.15, 0.2) is 34.9 Å². The SMILES string of the molecule is CC(C)NCCc1ncc(-c2cccc(C(F)(F)F)c2)o1. The molecule has 0 aliphatic rings. The molecule has 0 aliphatic heterocycles. The lowest BCUT2D eigenvalue weighted by atomic mass is 10.1. The van der Waals surface area contributed by atoms with Gasteiger partial charge in [-0.15, -0.1) is 0 Å². The zero-order valence-electron chi connectivity index (χ0n) is 11.9. The van der Waals surface area contributed by atoms with Crippen LogP contribution in [0.25, 0.3) is 11.3 Å². The van der Waals surface area contributed by atoms with Crippen LogP contribution >= 0.6 is 0 Å². The van der Waals surface area contributed by atoms with E-state index in [9.17, 15) is 13.2 Å². The zero-order valence-corrected chi connectivity index (χ0v) is 11.9. The van der Waals surface area contributed by atoms with Crippen LogP contribution < -0.4 is 5.32 Å². The van der Waals surface area contributed by atoms with Crippen LogP contribution in [0.2, 0.25) is 0 Å². The van der Waals surface area contributed by atoms with E-state index in [1.807, 2.05) is 13.8 Å². The van der Waals surface area contributed by atoms with E-state index in [-0.39, 0.29) is 0 Å². The van der Waals surface area contributed by atoms with Gasteiger partial charge in [-0.3, -0.25) is 0 Å². The topological polar surface area (TPSA) is 38.1 Å². The minimum atomic E-state index is -4.36. The quantitative estimate of drug-likeness (QED) is 0.909. The van der Waals surface area contributed by atoms with Gasteiger partial charge in [-0.05, 0) is 12.1 Å². The third kappa shape index (κ3) is 4.32. The van der Waals surface area contributed by atoms with E-state index < -0.39 is 11.7 Å². The van der Waals surface area contributed by atoms with E-state index in [0.717, 1.165) is 12.1 Å². The van der Waals surface area contributed by atoms with Crippen molar-refractivity contribution in [2.75, 3.05) is 6.54 Å². The number of rotatable bonds is 5. The molecule has 6 heteroatoms. The number of aromatic nitrogens is 1. The van der Waals surface area contributed by atoms with Gasteiger partial charge in [0.2, 0.25) is 0 Å². The van der Waals surface area contributed by atoms with E-state index in [2.05, 4.69) is 10.3 Å². The second-order valence-electron chi connectivity index (χ2n) is 5.06. The lowest BCUT2D eigenvalue weighted by molar-refractivity contribution is -0.137. The smallest absolute Gasteiger partial charge is 0.416 e. The maximum absolute atomic E-state index is 12.7. The summed E-state index contributed by atoms with van der Waals surface area (Å²) >= 11 is 0. The number of alkyl halides is 3. The Morgan fingerprint density at radius 1 is 1.29 bits per heavy atom. The first-order chi connectivity index (χ1) is 9.86. The fraction of sp³-hybridized carbons (Fsp3) is 0.400. The van der Waals surface area contributed by atoms with Crippen LogP contribution in [0.4, 0.5) is 13.2 Å². The molecular weight excluding hydrogens is 281 g/mol. The molecule has 0 fully saturated rings. The molecule has 1 heterocycles. The third-order valence-electron chi connectivity index (χ3n) is 2.92. The first-order valence-electron chi connectivity index (χ1n) is 6.72. The molecule has 2 aromatic rings. The van der Waals surface area contributed by atoms with Crippen LogP contribution in [0.3, 0.4) is 0 Å². The molecule has 114 valence electrons. The molecule has 0 saturated heterocycles. The standard InChI is InChI=1S/C15H17F3N2O/c1-10(2)19-7-6-14-20-9-13(21-14)11-4-3-5-12(8-11)15(16,17)18/h3-5,8-10,19H,6-7H2,1-2H3. The van der Waals surface area contributed by atoms with E-state index in [0.29, 0.717) is 36.2 Å². The summed E-state index contributed by atoms with van der Waals surface area (Å²) in [7, 11) is 0. The summed E-state index contributed by atoms with van der Waals surface area (Å²) in [6.45, 7) is 4.77. The van der Waals surface area contributed by atoms with Gasteiger partial charge in [0.25, 0.3) is 0 Å². The van der Waals surface area contributed by atoms with Crippen LogP contribution in [-0.2, 0) is 12.6 Å². The summed E-state index contributed by atoms with van der Waals surface area (Å²) < 4.78 is 43.5. The Labute approximate surface area is 121 Å². The normalized spacial score (nSPS) is 12.1. The van der Waals surface area contributed by atoms with Gasteiger partial charge in [0, 0.05) is 24.6 Å². The monoisotopic (exact) mass is 298 g/mol. The van der Waals surface area contributed by atoms with Crippen molar-refractivity contribution in [3.8, 4) is 11.3 Å². The number of hydrogen-bond donors (Lipinski definition) is 1. The van der Waals surface area contributed by atoms with Crippen LogP contribution in [0, 0.1) is 0 Å². The van der Waals surface area contributed by atoms with Gasteiger partial charge in [0.15, 0.2) is 11.7 Å². The first kappa shape index (κ1) is 15.6. The predicted octanol–water partition coefficient (Wildman–Crippen LogP) is 3.90. The lowest BCUT2D eigenvalue weighted by Crippen LogP contribution is -2.24. The molecule has 0 radical (unpaired) electrons. The van der Waals surface area contributed by atoms with Crippen LogP contribution in [0.1, 0.15) is 25.3 Å².